The molecule has 0 saturated carbocycles. The second kappa shape index (κ2) is 3.94. The van der Waals surface area contributed by atoms with Gasteiger partial charge in [0.15, 0.2) is 9.84 Å². The second-order valence-electron chi connectivity index (χ2n) is 4.09. The summed E-state index contributed by atoms with van der Waals surface area (Å²) in [7, 11) is -0.890. The van der Waals surface area contributed by atoms with Gasteiger partial charge in [-0.3, -0.25) is 0 Å². The highest BCUT2D eigenvalue weighted by Crippen LogP contribution is 2.27. The van der Waals surface area contributed by atoms with Gasteiger partial charge in [0, 0.05) is 0 Å². The molecule has 0 bridgehead atoms. The summed E-state index contributed by atoms with van der Waals surface area (Å²) in [5.74, 6) is 0.760. The lowest BCUT2D eigenvalue weighted by molar-refractivity contribution is -0.660. The fourth-order valence-electron chi connectivity index (χ4n) is 2.25. The van der Waals surface area contributed by atoms with E-state index in [-0.39, 0.29) is 12.0 Å². The molecule has 2 atom stereocenters. The number of quaternary nitrogens is 1. The van der Waals surface area contributed by atoms with Crippen molar-refractivity contribution in [1.82, 2.24) is 0 Å². The Morgan fingerprint density at radius 2 is 1.87 bits per heavy atom. The Labute approximate surface area is 90.4 Å². The molecule has 1 aliphatic rings. The molecule has 2 rings (SSSR count). The second-order valence-corrected chi connectivity index (χ2v) is 6.25. The Bertz CT molecular complexity index is 427. The molecule has 0 amide bonds. The third kappa shape index (κ3) is 2.21. The van der Waals surface area contributed by atoms with Gasteiger partial charge in [-0.05, 0) is 5.56 Å². The molecule has 1 aromatic carbocycles. The molecule has 0 unspecified atom stereocenters. The number of sulfone groups is 1. The number of hydrogen-bond acceptors (Lipinski definition) is 2. The summed E-state index contributed by atoms with van der Waals surface area (Å²) in [4.78, 5) is 0. The lowest BCUT2D eigenvalue weighted by Gasteiger charge is -2.14. The van der Waals surface area contributed by atoms with E-state index in [1.807, 2.05) is 42.7 Å². The molecule has 0 spiro atoms. The highest BCUT2D eigenvalue weighted by molar-refractivity contribution is 7.91. The first-order valence-corrected chi connectivity index (χ1v) is 6.99. The molecule has 1 heterocycles. The minimum absolute atomic E-state index is 0.154. The van der Waals surface area contributed by atoms with Crippen LogP contribution in [0.4, 0.5) is 0 Å². The maximum Gasteiger partial charge on any atom is 0.156 e. The molecule has 1 aromatic rings. The third-order valence-electron chi connectivity index (χ3n) is 3.05. The fourth-order valence-corrected chi connectivity index (χ4v) is 4.38. The van der Waals surface area contributed by atoms with Crippen molar-refractivity contribution in [2.45, 2.75) is 12.0 Å². The van der Waals surface area contributed by atoms with E-state index in [1.165, 1.54) is 0 Å². The molecule has 1 fully saturated rings. The Balaban J connectivity index is 2.30. The Kier molecular flexibility index (Phi) is 2.80. The zero-order valence-electron chi connectivity index (χ0n) is 8.76. The quantitative estimate of drug-likeness (QED) is 0.756. The van der Waals surface area contributed by atoms with Gasteiger partial charge in [-0.15, -0.1) is 0 Å². The number of likely N-dealkylation sites (N-methyl/N-ethyl adjacent to an activating group) is 1. The minimum Gasteiger partial charge on any atom is -0.345 e. The molecule has 82 valence electrons. The maximum atomic E-state index is 11.6. The number of nitrogens with two attached hydrogens (primary N) is 1. The van der Waals surface area contributed by atoms with Crippen LogP contribution in [0.25, 0.3) is 0 Å². The van der Waals surface area contributed by atoms with Crippen molar-refractivity contribution in [2.75, 3.05) is 18.6 Å². The van der Waals surface area contributed by atoms with Crippen LogP contribution in [-0.2, 0) is 9.84 Å². The van der Waals surface area contributed by atoms with Crippen LogP contribution in [0.15, 0.2) is 30.3 Å². The van der Waals surface area contributed by atoms with Crippen LogP contribution in [0, 0.1) is 0 Å². The first-order chi connectivity index (χ1) is 7.12. The van der Waals surface area contributed by atoms with Gasteiger partial charge in [-0.1, -0.05) is 30.3 Å². The Morgan fingerprint density at radius 1 is 1.20 bits per heavy atom. The van der Waals surface area contributed by atoms with E-state index in [4.69, 9.17) is 0 Å². The maximum absolute atomic E-state index is 11.6. The molecule has 0 aliphatic carbocycles. The number of hydrogen-bond donors (Lipinski definition) is 1. The van der Waals surface area contributed by atoms with Gasteiger partial charge in [-0.2, -0.15) is 0 Å². The van der Waals surface area contributed by atoms with Crippen molar-refractivity contribution in [1.29, 1.82) is 0 Å². The lowest BCUT2D eigenvalue weighted by atomic mass is 9.95. The first-order valence-electron chi connectivity index (χ1n) is 5.17. The summed E-state index contributed by atoms with van der Waals surface area (Å²) < 4.78 is 23.1. The highest BCUT2D eigenvalue weighted by Gasteiger charge is 2.40. The summed E-state index contributed by atoms with van der Waals surface area (Å²) >= 11 is 0. The highest BCUT2D eigenvalue weighted by atomic mass is 32.2. The van der Waals surface area contributed by atoms with Crippen molar-refractivity contribution < 1.29 is 13.7 Å². The van der Waals surface area contributed by atoms with Gasteiger partial charge < -0.3 is 5.32 Å². The largest absolute Gasteiger partial charge is 0.345 e. The van der Waals surface area contributed by atoms with Crippen molar-refractivity contribution in [3.63, 3.8) is 0 Å². The standard InChI is InChI=1S/C11H15NO2S/c1-12-11-8-15(13,14)7-10(11)9-5-3-2-4-6-9/h2-6,10-12H,7-8H2,1H3/p+1/t10-,11+/m1/s1. The molecular weight excluding hydrogens is 210 g/mol. The van der Waals surface area contributed by atoms with Crippen molar-refractivity contribution in [3.8, 4) is 0 Å². The first kappa shape index (κ1) is 10.6. The summed E-state index contributed by atoms with van der Waals surface area (Å²) in [6.07, 6.45) is 0. The smallest absolute Gasteiger partial charge is 0.156 e. The van der Waals surface area contributed by atoms with Crippen LogP contribution in [0.5, 0.6) is 0 Å². The van der Waals surface area contributed by atoms with E-state index < -0.39 is 9.84 Å². The SMILES string of the molecule is C[NH2+][C@H]1CS(=O)(=O)C[C@@H]1c1ccccc1. The minimum atomic E-state index is -2.84. The normalized spacial score (nSPS) is 29.1. The van der Waals surface area contributed by atoms with E-state index in [2.05, 4.69) is 0 Å². The summed E-state index contributed by atoms with van der Waals surface area (Å²) in [5, 5.41) is 2.02. The average molecular weight is 226 g/mol. The molecule has 1 saturated heterocycles. The van der Waals surface area contributed by atoms with Crippen LogP contribution in [0.3, 0.4) is 0 Å². The van der Waals surface area contributed by atoms with Crippen molar-refractivity contribution in [3.05, 3.63) is 35.9 Å². The lowest BCUT2D eigenvalue weighted by Crippen LogP contribution is -2.87. The third-order valence-corrected chi connectivity index (χ3v) is 4.81. The predicted molar refractivity (Wildman–Crippen MR) is 59.5 cm³/mol. The molecule has 4 heteroatoms. The van der Waals surface area contributed by atoms with Crippen LogP contribution >= 0.6 is 0 Å². The molecule has 2 N–H and O–H groups in total. The molecule has 0 radical (unpaired) electrons. The van der Waals surface area contributed by atoms with Crippen LogP contribution in [-0.4, -0.2) is 33.0 Å². The van der Waals surface area contributed by atoms with Gasteiger partial charge in [0.2, 0.25) is 0 Å². The number of rotatable bonds is 2. The topological polar surface area (TPSA) is 50.8 Å². The summed E-state index contributed by atoms with van der Waals surface area (Å²) in [5.41, 5.74) is 1.14. The van der Waals surface area contributed by atoms with Crippen molar-refractivity contribution in [2.24, 2.45) is 0 Å². The van der Waals surface area contributed by atoms with E-state index in [9.17, 15) is 8.42 Å². The van der Waals surface area contributed by atoms with Gasteiger partial charge in [-0.25, -0.2) is 8.42 Å². The summed E-state index contributed by atoms with van der Waals surface area (Å²) in [6, 6.07) is 10.1. The summed E-state index contributed by atoms with van der Waals surface area (Å²) in [6.45, 7) is 0. The molecule has 1 aliphatic heterocycles. The van der Waals surface area contributed by atoms with Crippen LogP contribution in [0.2, 0.25) is 0 Å². The fraction of sp³-hybridized carbons (Fsp3) is 0.455. The van der Waals surface area contributed by atoms with E-state index in [0.29, 0.717) is 11.5 Å². The molecular formula is C11H16NO2S+. The Morgan fingerprint density at radius 3 is 2.47 bits per heavy atom. The van der Waals surface area contributed by atoms with Gasteiger partial charge in [0.25, 0.3) is 0 Å². The van der Waals surface area contributed by atoms with Crippen molar-refractivity contribution >= 4 is 9.84 Å². The molecule has 15 heavy (non-hydrogen) atoms. The van der Waals surface area contributed by atoms with Crippen LogP contribution < -0.4 is 5.32 Å². The van der Waals surface area contributed by atoms with Crippen LogP contribution in [0.1, 0.15) is 11.5 Å². The molecule has 3 nitrogen and oxygen atoms in total. The van der Waals surface area contributed by atoms with Gasteiger partial charge in [0.1, 0.15) is 11.8 Å². The zero-order valence-corrected chi connectivity index (χ0v) is 9.57. The number of benzene rings is 1. The van der Waals surface area contributed by atoms with E-state index >= 15 is 0 Å². The zero-order chi connectivity index (χ0) is 10.9. The van der Waals surface area contributed by atoms with E-state index in [1.54, 1.807) is 0 Å². The van der Waals surface area contributed by atoms with Gasteiger partial charge >= 0.3 is 0 Å². The Hall–Kier alpha value is -0.870. The van der Waals surface area contributed by atoms with Gasteiger partial charge in [0.05, 0.1) is 18.7 Å². The van der Waals surface area contributed by atoms with E-state index in [0.717, 1.165) is 5.56 Å². The predicted octanol–water partition coefficient (Wildman–Crippen LogP) is -0.240. The average Bonchev–Trinajstić information content (AvgIpc) is 2.55. The molecule has 0 aromatic heterocycles. The monoisotopic (exact) mass is 226 g/mol.